The van der Waals surface area contributed by atoms with E-state index < -0.39 is 0 Å². The van der Waals surface area contributed by atoms with Crippen molar-refractivity contribution < 1.29 is 9.53 Å². The normalized spacial score (nSPS) is 15.2. The van der Waals surface area contributed by atoms with Crippen LogP contribution in [0.1, 0.15) is 61.6 Å². The van der Waals surface area contributed by atoms with Gasteiger partial charge in [-0.15, -0.1) is 12.4 Å². The van der Waals surface area contributed by atoms with Gasteiger partial charge in [0, 0.05) is 31.3 Å². The van der Waals surface area contributed by atoms with Crippen LogP contribution in [-0.2, 0) is 10.2 Å². The Kier molecular flexibility index (Phi) is 8.47. The average molecular weight is 435 g/mol. The highest BCUT2D eigenvalue weighted by molar-refractivity contribution is 5.95. The van der Waals surface area contributed by atoms with E-state index in [9.17, 15) is 4.79 Å². The second kappa shape index (κ2) is 10.4. The minimum atomic E-state index is -0.218. The largest absolute Gasteiger partial charge is 0.378 e. The standard InChI is InChI=1S/C23H34N4O2.ClH/c1-17-6-8-18(9-7-17)27-16-20(21(25-27)23(2,3)4)22(28)26-13-10-19(11-14-26)29-15-5-12-24;/h6-9,16,19H,5,10-15,24H2,1-4H3;1H. The quantitative estimate of drug-likeness (QED) is 0.700. The molecule has 166 valence electrons. The summed E-state index contributed by atoms with van der Waals surface area (Å²) in [5.74, 6) is 0.0636. The number of nitrogens with two attached hydrogens (primary N) is 1. The molecular formula is C23H35ClN4O2. The Hall–Kier alpha value is -1.89. The molecule has 6 nitrogen and oxygen atoms in total. The van der Waals surface area contributed by atoms with E-state index in [1.54, 1.807) is 0 Å². The number of nitrogens with zero attached hydrogens (tertiary/aromatic N) is 3. The fourth-order valence-electron chi connectivity index (χ4n) is 3.64. The molecule has 2 aromatic rings. The first-order valence-electron chi connectivity index (χ1n) is 10.6. The van der Waals surface area contributed by atoms with Gasteiger partial charge in [0.25, 0.3) is 5.91 Å². The molecule has 7 heteroatoms. The van der Waals surface area contributed by atoms with Crippen molar-refractivity contribution in [2.45, 2.75) is 58.5 Å². The molecule has 0 unspecified atom stereocenters. The molecule has 0 aliphatic carbocycles. The van der Waals surface area contributed by atoms with Gasteiger partial charge in [-0.2, -0.15) is 5.10 Å². The van der Waals surface area contributed by atoms with Gasteiger partial charge in [-0.05, 0) is 44.9 Å². The van der Waals surface area contributed by atoms with Crippen molar-refractivity contribution in [2.24, 2.45) is 5.73 Å². The third-order valence-corrected chi connectivity index (χ3v) is 5.38. The molecule has 1 aromatic carbocycles. The van der Waals surface area contributed by atoms with Crippen molar-refractivity contribution in [3.8, 4) is 5.69 Å². The van der Waals surface area contributed by atoms with Crippen molar-refractivity contribution in [2.75, 3.05) is 26.2 Å². The van der Waals surface area contributed by atoms with E-state index in [0.29, 0.717) is 31.8 Å². The summed E-state index contributed by atoms with van der Waals surface area (Å²) in [6.45, 7) is 11.1. The predicted octanol–water partition coefficient (Wildman–Crippen LogP) is 3.87. The van der Waals surface area contributed by atoms with Crippen LogP contribution in [0.3, 0.4) is 0 Å². The summed E-state index contributed by atoms with van der Waals surface area (Å²) in [5, 5.41) is 4.79. The van der Waals surface area contributed by atoms with Gasteiger partial charge >= 0.3 is 0 Å². The molecule has 1 aromatic heterocycles. The van der Waals surface area contributed by atoms with Crippen LogP contribution in [0.5, 0.6) is 0 Å². The summed E-state index contributed by atoms with van der Waals surface area (Å²) in [6, 6.07) is 8.19. The van der Waals surface area contributed by atoms with Crippen LogP contribution in [0.2, 0.25) is 0 Å². The summed E-state index contributed by atoms with van der Waals surface area (Å²) in [6.07, 6.45) is 4.73. The number of ether oxygens (including phenoxy) is 1. The Morgan fingerprint density at radius 2 is 1.83 bits per heavy atom. The van der Waals surface area contributed by atoms with Crippen LogP contribution in [0.15, 0.2) is 30.5 Å². The van der Waals surface area contributed by atoms with E-state index in [1.807, 2.05) is 27.9 Å². The molecule has 0 atom stereocenters. The number of benzene rings is 1. The lowest BCUT2D eigenvalue weighted by Gasteiger charge is -2.32. The molecule has 3 rings (SSSR count). The molecule has 1 fully saturated rings. The lowest BCUT2D eigenvalue weighted by atomic mass is 9.89. The van der Waals surface area contributed by atoms with Gasteiger partial charge in [0.1, 0.15) is 0 Å². The molecule has 0 saturated carbocycles. The van der Waals surface area contributed by atoms with E-state index in [2.05, 4.69) is 39.8 Å². The highest BCUT2D eigenvalue weighted by Crippen LogP contribution is 2.28. The fourth-order valence-corrected chi connectivity index (χ4v) is 3.64. The topological polar surface area (TPSA) is 73.4 Å². The monoisotopic (exact) mass is 434 g/mol. The number of rotatable bonds is 6. The summed E-state index contributed by atoms with van der Waals surface area (Å²) < 4.78 is 7.70. The Balaban J connectivity index is 0.00000320. The van der Waals surface area contributed by atoms with Crippen LogP contribution in [-0.4, -0.2) is 52.9 Å². The Morgan fingerprint density at radius 1 is 1.20 bits per heavy atom. The van der Waals surface area contributed by atoms with Gasteiger partial charge in [0.15, 0.2) is 0 Å². The van der Waals surface area contributed by atoms with Gasteiger partial charge < -0.3 is 15.4 Å². The number of aromatic nitrogens is 2. The molecule has 0 spiro atoms. The zero-order chi connectivity index (χ0) is 21.0. The molecule has 1 aliphatic heterocycles. The third kappa shape index (κ3) is 5.84. The molecule has 2 heterocycles. The van der Waals surface area contributed by atoms with Crippen molar-refractivity contribution in [1.82, 2.24) is 14.7 Å². The van der Waals surface area contributed by atoms with Crippen molar-refractivity contribution in [3.63, 3.8) is 0 Å². The first kappa shape index (κ1) is 24.4. The van der Waals surface area contributed by atoms with Crippen LogP contribution in [0.4, 0.5) is 0 Å². The van der Waals surface area contributed by atoms with Crippen molar-refractivity contribution in [3.05, 3.63) is 47.3 Å². The number of carbonyl (C=O) groups excluding carboxylic acids is 1. The lowest BCUT2D eigenvalue weighted by Crippen LogP contribution is -2.41. The maximum atomic E-state index is 13.3. The van der Waals surface area contributed by atoms with E-state index in [0.717, 1.165) is 30.6 Å². The summed E-state index contributed by atoms with van der Waals surface area (Å²) in [5.41, 5.74) is 9.01. The fraction of sp³-hybridized carbons (Fsp3) is 0.565. The highest BCUT2D eigenvalue weighted by Gasteiger charge is 2.31. The maximum Gasteiger partial charge on any atom is 0.257 e. The number of hydrogen-bond acceptors (Lipinski definition) is 4. The molecular weight excluding hydrogens is 400 g/mol. The summed E-state index contributed by atoms with van der Waals surface area (Å²) >= 11 is 0. The average Bonchev–Trinajstić information content (AvgIpc) is 3.15. The Bertz CT molecular complexity index is 819. The molecule has 30 heavy (non-hydrogen) atoms. The van der Waals surface area contributed by atoms with Gasteiger partial charge in [-0.3, -0.25) is 4.79 Å². The number of likely N-dealkylation sites (tertiary alicyclic amines) is 1. The summed E-state index contributed by atoms with van der Waals surface area (Å²) in [7, 11) is 0. The Labute approximate surface area is 186 Å². The second-order valence-electron chi connectivity index (χ2n) is 8.93. The van der Waals surface area contributed by atoms with E-state index in [-0.39, 0.29) is 29.8 Å². The highest BCUT2D eigenvalue weighted by atomic mass is 35.5. The van der Waals surface area contributed by atoms with Gasteiger partial charge in [-0.1, -0.05) is 38.5 Å². The van der Waals surface area contributed by atoms with Crippen LogP contribution in [0, 0.1) is 6.92 Å². The van der Waals surface area contributed by atoms with Crippen molar-refractivity contribution in [1.29, 1.82) is 0 Å². The number of hydrogen-bond donors (Lipinski definition) is 1. The van der Waals surface area contributed by atoms with E-state index >= 15 is 0 Å². The second-order valence-corrected chi connectivity index (χ2v) is 8.93. The molecule has 1 saturated heterocycles. The van der Waals surface area contributed by atoms with Crippen LogP contribution >= 0.6 is 12.4 Å². The van der Waals surface area contributed by atoms with Crippen LogP contribution < -0.4 is 5.73 Å². The minimum Gasteiger partial charge on any atom is -0.378 e. The maximum absolute atomic E-state index is 13.3. The first-order chi connectivity index (χ1) is 13.8. The number of piperidine rings is 1. The number of aryl methyl sites for hydroxylation is 1. The number of carbonyl (C=O) groups is 1. The minimum absolute atomic E-state index is 0. The zero-order valence-corrected chi connectivity index (χ0v) is 19.4. The summed E-state index contributed by atoms with van der Waals surface area (Å²) in [4.78, 5) is 15.3. The molecule has 1 aliphatic rings. The first-order valence-corrected chi connectivity index (χ1v) is 10.6. The predicted molar refractivity (Wildman–Crippen MR) is 123 cm³/mol. The van der Waals surface area contributed by atoms with Gasteiger partial charge in [0.2, 0.25) is 0 Å². The number of halogens is 1. The van der Waals surface area contributed by atoms with E-state index in [4.69, 9.17) is 15.6 Å². The van der Waals surface area contributed by atoms with Crippen LogP contribution in [0.25, 0.3) is 5.69 Å². The van der Waals surface area contributed by atoms with Gasteiger partial charge in [-0.25, -0.2) is 4.68 Å². The van der Waals surface area contributed by atoms with E-state index in [1.165, 1.54) is 5.56 Å². The molecule has 1 amide bonds. The molecule has 0 radical (unpaired) electrons. The van der Waals surface area contributed by atoms with Crippen molar-refractivity contribution >= 4 is 18.3 Å². The smallest absolute Gasteiger partial charge is 0.257 e. The zero-order valence-electron chi connectivity index (χ0n) is 18.6. The number of amides is 1. The SMILES string of the molecule is Cc1ccc(-n2cc(C(=O)N3CCC(OCCCN)CC3)c(C(C)(C)C)n2)cc1.Cl. The molecule has 2 N–H and O–H groups in total. The third-order valence-electron chi connectivity index (χ3n) is 5.38. The lowest BCUT2D eigenvalue weighted by molar-refractivity contribution is 0.00838. The van der Waals surface area contributed by atoms with Gasteiger partial charge in [0.05, 0.1) is 23.0 Å². The molecule has 0 bridgehead atoms. The Morgan fingerprint density at radius 3 is 2.40 bits per heavy atom.